The van der Waals surface area contributed by atoms with Crippen molar-refractivity contribution >= 4 is 25.2 Å². The maximum atomic E-state index is 13.1. The molecular weight excluding hydrogens is 242 g/mol. The third kappa shape index (κ3) is 3.10. The Morgan fingerprint density at radius 1 is 1.21 bits per heavy atom. The molecule has 2 aromatic rings. The number of benzene rings is 2. The minimum absolute atomic E-state index is 0.0221. The van der Waals surface area contributed by atoms with Crippen molar-refractivity contribution in [1.82, 2.24) is 0 Å². The molecule has 19 heavy (non-hydrogen) atoms. The number of phenolic OH excluding ortho intramolecular Hbond substituents is 1. The summed E-state index contributed by atoms with van der Waals surface area (Å²) in [5, 5.41) is 9.53. The lowest BCUT2D eigenvalue weighted by atomic mass is 9.92. The van der Waals surface area contributed by atoms with Gasteiger partial charge in [0.2, 0.25) is 0 Å². The molecular formula is C15H10BFO2. The van der Waals surface area contributed by atoms with Crippen LogP contribution in [-0.4, -0.2) is 18.7 Å². The van der Waals surface area contributed by atoms with Gasteiger partial charge in [0.05, 0.1) is 5.56 Å². The number of ketones is 1. The fraction of sp³-hybridized carbons (Fsp3) is 0. The molecule has 0 aliphatic rings. The number of carbonyl (C=O) groups is 1. The highest BCUT2D eigenvalue weighted by Crippen LogP contribution is 2.18. The van der Waals surface area contributed by atoms with Gasteiger partial charge in [-0.3, -0.25) is 4.79 Å². The zero-order valence-electron chi connectivity index (χ0n) is 10.0. The molecule has 0 heterocycles. The molecule has 0 saturated carbocycles. The number of hydrogen-bond acceptors (Lipinski definition) is 2. The summed E-state index contributed by atoms with van der Waals surface area (Å²) in [6.45, 7) is 0. The Labute approximate surface area is 111 Å². The molecule has 0 bridgehead atoms. The minimum atomic E-state index is -0.749. The SMILES string of the molecule is [B]c1cc(C(=O)/C=C/c2ccccc2)c(O)cc1F. The van der Waals surface area contributed by atoms with E-state index in [-0.39, 0.29) is 11.0 Å². The molecule has 2 rings (SSSR count). The van der Waals surface area contributed by atoms with Gasteiger partial charge >= 0.3 is 0 Å². The third-order valence-corrected chi connectivity index (χ3v) is 2.61. The number of halogens is 1. The van der Waals surface area contributed by atoms with Gasteiger partial charge in [0.25, 0.3) is 0 Å². The summed E-state index contributed by atoms with van der Waals surface area (Å²) in [5.74, 6) is -1.61. The van der Waals surface area contributed by atoms with E-state index in [0.29, 0.717) is 0 Å². The van der Waals surface area contributed by atoms with Crippen LogP contribution in [0.3, 0.4) is 0 Å². The van der Waals surface area contributed by atoms with Crippen molar-refractivity contribution in [2.75, 3.05) is 0 Å². The van der Waals surface area contributed by atoms with E-state index >= 15 is 0 Å². The summed E-state index contributed by atoms with van der Waals surface area (Å²) in [6, 6.07) is 11.2. The minimum Gasteiger partial charge on any atom is -0.507 e. The van der Waals surface area contributed by atoms with Gasteiger partial charge in [0.15, 0.2) is 5.78 Å². The highest BCUT2D eigenvalue weighted by atomic mass is 19.1. The molecule has 0 amide bonds. The molecule has 0 aromatic heterocycles. The fourth-order valence-electron chi connectivity index (χ4n) is 1.60. The molecule has 0 aliphatic heterocycles. The summed E-state index contributed by atoms with van der Waals surface area (Å²) in [6.07, 6.45) is 2.92. The van der Waals surface area contributed by atoms with Crippen LogP contribution in [0.25, 0.3) is 6.08 Å². The van der Waals surface area contributed by atoms with Crippen molar-refractivity contribution in [2.45, 2.75) is 0 Å². The molecule has 2 aromatic carbocycles. The van der Waals surface area contributed by atoms with Crippen molar-refractivity contribution < 1.29 is 14.3 Å². The Morgan fingerprint density at radius 3 is 2.58 bits per heavy atom. The number of carbonyl (C=O) groups excluding carboxylic acids is 1. The second kappa shape index (κ2) is 5.52. The summed E-state index contributed by atoms with van der Waals surface area (Å²) >= 11 is 0. The highest BCUT2D eigenvalue weighted by Gasteiger charge is 2.11. The molecule has 0 atom stereocenters. The van der Waals surface area contributed by atoms with Gasteiger partial charge in [0, 0.05) is 6.07 Å². The predicted octanol–water partition coefficient (Wildman–Crippen LogP) is 2.22. The first kappa shape index (κ1) is 13.1. The molecule has 1 N–H and O–H groups in total. The predicted molar refractivity (Wildman–Crippen MR) is 73.3 cm³/mol. The number of rotatable bonds is 3. The van der Waals surface area contributed by atoms with Crippen LogP contribution in [0.15, 0.2) is 48.5 Å². The monoisotopic (exact) mass is 252 g/mol. The summed E-state index contributed by atoms with van der Waals surface area (Å²) in [4.78, 5) is 11.9. The van der Waals surface area contributed by atoms with Crippen molar-refractivity contribution in [3.63, 3.8) is 0 Å². The van der Waals surface area contributed by atoms with Crippen LogP contribution in [0, 0.1) is 5.82 Å². The Morgan fingerprint density at radius 2 is 1.89 bits per heavy atom. The van der Waals surface area contributed by atoms with Gasteiger partial charge in [-0.05, 0) is 11.6 Å². The molecule has 0 fully saturated rings. The van der Waals surface area contributed by atoms with Gasteiger partial charge in [-0.1, -0.05) is 47.9 Å². The zero-order chi connectivity index (χ0) is 13.8. The van der Waals surface area contributed by atoms with E-state index in [1.165, 1.54) is 6.08 Å². The van der Waals surface area contributed by atoms with Crippen LogP contribution in [0.5, 0.6) is 5.75 Å². The van der Waals surface area contributed by atoms with Gasteiger partial charge in [-0.25, -0.2) is 4.39 Å². The van der Waals surface area contributed by atoms with Crippen LogP contribution in [0.2, 0.25) is 0 Å². The number of phenols is 1. The van der Waals surface area contributed by atoms with E-state index in [0.717, 1.165) is 17.7 Å². The first-order valence-electron chi connectivity index (χ1n) is 5.63. The van der Waals surface area contributed by atoms with Gasteiger partial charge in [-0.2, -0.15) is 0 Å². The van der Waals surface area contributed by atoms with Crippen molar-refractivity contribution in [2.24, 2.45) is 0 Å². The molecule has 0 saturated heterocycles. The van der Waals surface area contributed by atoms with Crippen molar-refractivity contribution in [1.29, 1.82) is 0 Å². The summed E-state index contributed by atoms with van der Waals surface area (Å²) in [7, 11) is 5.37. The van der Waals surface area contributed by atoms with Gasteiger partial charge in [0.1, 0.15) is 19.4 Å². The Balaban J connectivity index is 2.26. The van der Waals surface area contributed by atoms with Crippen LogP contribution < -0.4 is 5.46 Å². The maximum absolute atomic E-state index is 13.1. The van der Waals surface area contributed by atoms with Crippen molar-refractivity contribution in [3.05, 3.63) is 65.5 Å². The van der Waals surface area contributed by atoms with E-state index in [1.807, 2.05) is 30.3 Å². The number of aromatic hydroxyl groups is 1. The average molecular weight is 252 g/mol. The second-order valence-electron chi connectivity index (χ2n) is 4.00. The average Bonchev–Trinajstić information content (AvgIpc) is 2.41. The largest absolute Gasteiger partial charge is 0.507 e. The molecule has 2 radical (unpaired) electrons. The quantitative estimate of drug-likeness (QED) is 0.516. The molecule has 92 valence electrons. The lowest BCUT2D eigenvalue weighted by molar-refractivity contribution is 0.104. The van der Waals surface area contributed by atoms with E-state index in [2.05, 4.69) is 0 Å². The van der Waals surface area contributed by atoms with Crippen LogP contribution in [-0.2, 0) is 0 Å². The Bertz CT molecular complexity index is 636. The smallest absolute Gasteiger partial charge is 0.189 e. The van der Waals surface area contributed by atoms with E-state index in [1.54, 1.807) is 6.08 Å². The second-order valence-corrected chi connectivity index (χ2v) is 4.00. The molecule has 0 spiro atoms. The third-order valence-electron chi connectivity index (χ3n) is 2.61. The molecule has 0 unspecified atom stereocenters. The summed E-state index contributed by atoms with van der Waals surface area (Å²) < 4.78 is 13.1. The lowest BCUT2D eigenvalue weighted by Gasteiger charge is -2.03. The first-order chi connectivity index (χ1) is 9.08. The van der Waals surface area contributed by atoms with Crippen LogP contribution in [0.4, 0.5) is 4.39 Å². The van der Waals surface area contributed by atoms with E-state index in [4.69, 9.17) is 7.85 Å². The normalized spacial score (nSPS) is 10.8. The Kier molecular flexibility index (Phi) is 3.80. The Hall–Kier alpha value is -2.36. The number of allylic oxidation sites excluding steroid dienone is 1. The van der Waals surface area contributed by atoms with Crippen LogP contribution >= 0.6 is 0 Å². The first-order valence-corrected chi connectivity index (χ1v) is 5.63. The highest BCUT2D eigenvalue weighted by molar-refractivity contribution is 6.33. The fourth-order valence-corrected chi connectivity index (χ4v) is 1.60. The molecule has 0 aliphatic carbocycles. The summed E-state index contributed by atoms with van der Waals surface area (Å²) in [5.41, 5.74) is 0.658. The van der Waals surface area contributed by atoms with E-state index < -0.39 is 17.3 Å². The van der Waals surface area contributed by atoms with Gasteiger partial charge in [-0.15, -0.1) is 0 Å². The lowest BCUT2D eigenvalue weighted by Crippen LogP contribution is -2.11. The molecule has 4 heteroatoms. The topological polar surface area (TPSA) is 37.3 Å². The number of hydrogen-bond donors (Lipinski definition) is 1. The van der Waals surface area contributed by atoms with Crippen molar-refractivity contribution in [3.8, 4) is 5.75 Å². The standard InChI is InChI=1S/C15H10BFO2/c16-12-8-11(15(19)9-13(12)17)14(18)7-6-10-4-2-1-3-5-10/h1-9,19H/b7-6+. The van der Waals surface area contributed by atoms with Gasteiger partial charge < -0.3 is 5.11 Å². The maximum Gasteiger partial charge on any atom is 0.189 e. The van der Waals surface area contributed by atoms with Crippen LogP contribution in [0.1, 0.15) is 15.9 Å². The molecule has 2 nitrogen and oxygen atoms in total. The van der Waals surface area contributed by atoms with E-state index in [9.17, 15) is 14.3 Å². The zero-order valence-corrected chi connectivity index (χ0v) is 10.0.